The first kappa shape index (κ1) is 16.9. The third-order valence-electron chi connectivity index (χ3n) is 5.82. The Morgan fingerprint density at radius 2 is 1.64 bits per heavy atom. The molecule has 0 aliphatic heterocycles. The van der Waals surface area contributed by atoms with E-state index in [0.29, 0.717) is 0 Å². The van der Waals surface area contributed by atoms with Crippen LogP contribution in [0.1, 0.15) is 40.7 Å². The second-order valence-corrected chi connectivity index (χ2v) is 7.77. The standard InChI is InChI=1S/C26H24N2/c1-17-5-7-19(8-6-17)26-23(20-10-12-25-21(15-20)13-14-28-25)4-2-3-18-9-11-22(27)16-24(18)26/h5-16,28H,2-4,27H2,1H3. The second kappa shape index (κ2) is 6.72. The highest BCUT2D eigenvalue weighted by molar-refractivity contribution is 6.01. The van der Waals surface area contributed by atoms with Crippen molar-refractivity contribution in [3.05, 3.63) is 101 Å². The fourth-order valence-electron chi connectivity index (χ4n) is 4.37. The number of aryl methyl sites for hydroxylation is 2. The van der Waals surface area contributed by atoms with Gasteiger partial charge in [0.25, 0.3) is 0 Å². The number of nitrogen functional groups attached to an aromatic ring is 1. The van der Waals surface area contributed by atoms with Crippen molar-refractivity contribution in [3.63, 3.8) is 0 Å². The smallest absolute Gasteiger partial charge is 0.0454 e. The van der Waals surface area contributed by atoms with E-state index in [4.69, 9.17) is 5.73 Å². The Hall–Kier alpha value is -3.26. The number of hydrogen-bond donors (Lipinski definition) is 2. The van der Waals surface area contributed by atoms with Crippen LogP contribution < -0.4 is 5.73 Å². The van der Waals surface area contributed by atoms with Gasteiger partial charge in [0.1, 0.15) is 0 Å². The van der Waals surface area contributed by atoms with Gasteiger partial charge in [-0.15, -0.1) is 0 Å². The molecule has 0 unspecified atom stereocenters. The molecule has 1 aliphatic carbocycles. The van der Waals surface area contributed by atoms with Gasteiger partial charge in [-0.25, -0.2) is 0 Å². The summed E-state index contributed by atoms with van der Waals surface area (Å²) < 4.78 is 0. The number of benzene rings is 3. The number of anilines is 1. The predicted octanol–water partition coefficient (Wildman–Crippen LogP) is 6.35. The van der Waals surface area contributed by atoms with Crippen LogP contribution in [0.15, 0.2) is 72.9 Å². The Kier molecular flexibility index (Phi) is 4.05. The van der Waals surface area contributed by atoms with Gasteiger partial charge < -0.3 is 10.7 Å². The molecule has 0 atom stereocenters. The molecule has 1 aromatic heterocycles. The van der Waals surface area contributed by atoms with E-state index < -0.39 is 0 Å². The Balaban J connectivity index is 1.81. The average molecular weight is 364 g/mol. The first-order valence-corrected chi connectivity index (χ1v) is 9.95. The van der Waals surface area contributed by atoms with E-state index in [1.165, 1.54) is 49.9 Å². The molecule has 3 aromatic carbocycles. The molecule has 28 heavy (non-hydrogen) atoms. The highest BCUT2D eigenvalue weighted by Crippen LogP contribution is 2.41. The summed E-state index contributed by atoms with van der Waals surface area (Å²) in [6, 6.07) is 24.2. The lowest BCUT2D eigenvalue weighted by Gasteiger charge is -2.17. The van der Waals surface area contributed by atoms with Gasteiger partial charge in [-0.2, -0.15) is 0 Å². The summed E-state index contributed by atoms with van der Waals surface area (Å²) in [4.78, 5) is 3.30. The maximum absolute atomic E-state index is 6.22. The number of allylic oxidation sites excluding steroid dienone is 1. The minimum atomic E-state index is 0.825. The van der Waals surface area contributed by atoms with Gasteiger partial charge in [-0.3, -0.25) is 0 Å². The van der Waals surface area contributed by atoms with Crippen LogP contribution in [-0.2, 0) is 6.42 Å². The lowest BCUT2D eigenvalue weighted by atomic mass is 9.87. The van der Waals surface area contributed by atoms with Crippen molar-refractivity contribution in [1.29, 1.82) is 0 Å². The highest BCUT2D eigenvalue weighted by atomic mass is 14.7. The summed E-state index contributed by atoms with van der Waals surface area (Å²) in [5, 5.41) is 1.25. The quantitative estimate of drug-likeness (QED) is 0.400. The highest BCUT2D eigenvalue weighted by Gasteiger charge is 2.20. The molecule has 0 saturated carbocycles. The van der Waals surface area contributed by atoms with Crippen molar-refractivity contribution in [2.75, 3.05) is 5.73 Å². The van der Waals surface area contributed by atoms with Crippen LogP contribution in [-0.4, -0.2) is 4.98 Å². The zero-order valence-corrected chi connectivity index (χ0v) is 16.1. The molecule has 1 aliphatic rings. The molecule has 3 N–H and O–H groups in total. The summed E-state index contributed by atoms with van der Waals surface area (Å²) in [6.07, 6.45) is 5.30. The van der Waals surface area contributed by atoms with Crippen LogP contribution in [0, 0.1) is 6.92 Å². The van der Waals surface area contributed by atoms with Gasteiger partial charge in [-0.05, 0) is 95.3 Å². The largest absolute Gasteiger partial charge is 0.399 e. The number of rotatable bonds is 2. The maximum Gasteiger partial charge on any atom is 0.0454 e. The molecule has 5 rings (SSSR count). The fraction of sp³-hybridized carbons (Fsp3) is 0.154. The van der Waals surface area contributed by atoms with Crippen LogP contribution in [0.4, 0.5) is 5.69 Å². The van der Waals surface area contributed by atoms with E-state index in [0.717, 1.165) is 24.9 Å². The summed E-state index contributed by atoms with van der Waals surface area (Å²) in [7, 11) is 0. The Labute approximate surface area is 165 Å². The van der Waals surface area contributed by atoms with Crippen LogP contribution >= 0.6 is 0 Å². The van der Waals surface area contributed by atoms with Crippen molar-refractivity contribution < 1.29 is 0 Å². The summed E-state index contributed by atoms with van der Waals surface area (Å²) >= 11 is 0. The van der Waals surface area contributed by atoms with Crippen molar-refractivity contribution in [3.8, 4) is 0 Å². The Bertz CT molecular complexity index is 1190. The molecule has 0 radical (unpaired) electrons. The first-order valence-electron chi connectivity index (χ1n) is 9.95. The van der Waals surface area contributed by atoms with Gasteiger partial charge in [0.05, 0.1) is 0 Å². The minimum Gasteiger partial charge on any atom is -0.399 e. The van der Waals surface area contributed by atoms with Crippen molar-refractivity contribution >= 4 is 27.7 Å². The van der Waals surface area contributed by atoms with Crippen molar-refractivity contribution in [2.45, 2.75) is 26.2 Å². The predicted molar refractivity (Wildman–Crippen MR) is 119 cm³/mol. The van der Waals surface area contributed by atoms with Crippen LogP contribution in [0.3, 0.4) is 0 Å². The molecule has 0 bridgehead atoms. The molecule has 0 saturated heterocycles. The van der Waals surface area contributed by atoms with E-state index in [9.17, 15) is 0 Å². The third-order valence-corrected chi connectivity index (χ3v) is 5.82. The minimum absolute atomic E-state index is 0.825. The monoisotopic (exact) mass is 364 g/mol. The topological polar surface area (TPSA) is 41.8 Å². The zero-order chi connectivity index (χ0) is 19.1. The lowest BCUT2D eigenvalue weighted by molar-refractivity contribution is 0.861. The molecule has 2 nitrogen and oxygen atoms in total. The maximum atomic E-state index is 6.22. The van der Waals surface area contributed by atoms with Gasteiger partial charge in [0.15, 0.2) is 0 Å². The third kappa shape index (κ3) is 2.91. The molecular formula is C26H24N2. The number of fused-ring (bicyclic) bond motifs is 2. The molecule has 1 heterocycles. The average Bonchev–Trinajstić information content (AvgIpc) is 3.09. The SMILES string of the molecule is Cc1ccc(C2=C(c3ccc4[nH]ccc4c3)CCCc3ccc(N)cc32)cc1. The van der Waals surface area contributed by atoms with Crippen molar-refractivity contribution in [2.24, 2.45) is 0 Å². The Morgan fingerprint density at radius 3 is 2.50 bits per heavy atom. The second-order valence-electron chi connectivity index (χ2n) is 7.77. The number of nitrogens with one attached hydrogen (secondary N) is 1. The van der Waals surface area contributed by atoms with Gasteiger partial charge in [-0.1, -0.05) is 42.0 Å². The molecule has 0 spiro atoms. The molecule has 2 heteroatoms. The zero-order valence-electron chi connectivity index (χ0n) is 16.1. The van der Waals surface area contributed by atoms with Gasteiger partial charge >= 0.3 is 0 Å². The van der Waals surface area contributed by atoms with Crippen LogP contribution in [0.2, 0.25) is 0 Å². The molecule has 0 amide bonds. The molecule has 4 aromatic rings. The lowest BCUT2D eigenvalue weighted by Crippen LogP contribution is -1.98. The molecule has 0 fully saturated rings. The van der Waals surface area contributed by atoms with E-state index in [1.54, 1.807) is 0 Å². The summed E-state index contributed by atoms with van der Waals surface area (Å²) in [5.41, 5.74) is 17.5. The Morgan fingerprint density at radius 1 is 0.821 bits per heavy atom. The van der Waals surface area contributed by atoms with E-state index in [2.05, 4.69) is 72.6 Å². The van der Waals surface area contributed by atoms with Crippen LogP contribution in [0.25, 0.3) is 22.0 Å². The summed E-state index contributed by atoms with van der Waals surface area (Å²) in [6.45, 7) is 2.14. The molecule has 138 valence electrons. The van der Waals surface area contributed by atoms with E-state index in [-0.39, 0.29) is 0 Å². The molecular weight excluding hydrogens is 340 g/mol. The van der Waals surface area contributed by atoms with Crippen molar-refractivity contribution in [1.82, 2.24) is 4.98 Å². The number of aromatic amines is 1. The fourth-order valence-corrected chi connectivity index (χ4v) is 4.37. The number of hydrogen-bond acceptors (Lipinski definition) is 1. The van der Waals surface area contributed by atoms with E-state index in [1.807, 2.05) is 12.3 Å². The van der Waals surface area contributed by atoms with Crippen LogP contribution in [0.5, 0.6) is 0 Å². The number of nitrogens with two attached hydrogens (primary N) is 1. The van der Waals surface area contributed by atoms with Gasteiger partial charge in [0.2, 0.25) is 0 Å². The number of H-pyrrole nitrogens is 1. The number of aromatic nitrogens is 1. The normalized spacial score (nSPS) is 14.2. The van der Waals surface area contributed by atoms with E-state index >= 15 is 0 Å². The summed E-state index contributed by atoms with van der Waals surface area (Å²) in [5.74, 6) is 0. The van der Waals surface area contributed by atoms with Gasteiger partial charge in [0, 0.05) is 17.4 Å². The first-order chi connectivity index (χ1) is 13.7.